The lowest BCUT2D eigenvalue weighted by atomic mass is 9.66. The van der Waals surface area contributed by atoms with Gasteiger partial charge in [0.15, 0.2) is 0 Å². The number of benzene rings is 1. The highest BCUT2D eigenvalue weighted by Gasteiger charge is 2.52. The third-order valence-electron chi connectivity index (χ3n) is 6.58. The number of carbonyl (C=O) groups excluding carboxylic acids is 1. The number of esters is 1. The Morgan fingerprint density at radius 3 is 2.96 bits per heavy atom. The second-order valence-electron chi connectivity index (χ2n) is 7.74. The number of piperidine rings is 2. The Morgan fingerprint density at radius 1 is 1.28 bits per heavy atom. The summed E-state index contributed by atoms with van der Waals surface area (Å²) in [6.45, 7) is 2.14. The van der Waals surface area contributed by atoms with Crippen molar-refractivity contribution in [3.05, 3.63) is 29.5 Å². The number of nitrogens with zero attached hydrogens (tertiary/aromatic N) is 1. The van der Waals surface area contributed by atoms with Gasteiger partial charge in [-0.2, -0.15) is 0 Å². The summed E-state index contributed by atoms with van der Waals surface area (Å²) in [5.41, 5.74) is 3.93. The Labute approximate surface area is 147 Å². The number of aromatic amines is 1. The molecule has 3 aliphatic heterocycles. The molecule has 1 aliphatic carbocycles. The molecule has 4 heterocycles. The van der Waals surface area contributed by atoms with Gasteiger partial charge in [-0.25, -0.2) is 0 Å². The number of nitrogens with one attached hydrogen (secondary N) is 1. The van der Waals surface area contributed by atoms with E-state index in [1.807, 2.05) is 6.07 Å². The molecule has 5 atom stereocenters. The maximum Gasteiger partial charge on any atom is 0.310 e. The van der Waals surface area contributed by atoms with Crippen LogP contribution in [0.5, 0.6) is 5.75 Å². The smallest absolute Gasteiger partial charge is 0.310 e. The first-order chi connectivity index (χ1) is 12.2. The Kier molecular flexibility index (Phi) is 3.35. The molecular formula is C20H24N2O3. The van der Waals surface area contributed by atoms with Gasteiger partial charge in [-0.1, -0.05) is 0 Å². The van der Waals surface area contributed by atoms with Crippen LogP contribution >= 0.6 is 0 Å². The normalized spacial score (nSPS) is 33.0. The van der Waals surface area contributed by atoms with Crippen molar-refractivity contribution >= 4 is 16.9 Å². The largest absolute Gasteiger partial charge is 0.497 e. The zero-order valence-corrected chi connectivity index (χ0v) is 14.7. The molecule has 132 valence electrons. The van der Waals surface area contributed by atoms with Gasteiger partial charge in [-0.05, 0) is 48.9 Å². The van der Waals surface area contributed by atoms with Crippen LogP contribution in [0.3, 0.4) is 0 Å². The third-order valence-corrected chi connectivity index (χ3v) is 6.58. The Hall–Kier alpha value is -2.01. The fraction of sp³-hybridized carbons (Fsp3) is 0.550. The molecule has 5 heteroatoms. The predicted octanol–water partition coefficient (Wildman–Crippen LogP) is 2.70. The van der Waals surface area contributed by atoms with E-state index in [-0.39, 0.29) is 17.9 Å². The van der Waals surface area contributed by atoms with Crippen LogP contribution in [-0.4, -0.2) is 49.2 Å². The summed E-state index contributed by atoms with van der Waals surface area (Å²) in [6, 6.07) is 6.54. The zero-order chi connectivity index (χ0) is 17.1. The van der Waals surface area contributed by atoms with Gasteiger partial charge in [-0.3, -0.25) is 9.69 Å². The molecule has 1 N–H and O–H groups in total. The monoisotopic (exact) mass is 340 g/mol. The molecule has 1 aromatic heterocycles. The zero-order valence-electron chi connectivity index (χ0n) is 14.7. The van der Waals surface area contributed by atoms with Crippen LogP contribution in [-0.2, 0) is 16.0 Å². The van der Waals surface area contributed by atoms with Gasteiger partial charge in [0.25, 0.3) is 0 Å². The number of aromatic nitrogens is 1. The van der Waals surface area contributed by atoms with Crippen LogP contribution in [0.15, 0.2) is 18.2 Å². The SMILES string of the molecule is COC(=O)C1CC2CC3c4[nH]c5ccc(OC)cc5c4CCN(C2)C13. The summed E-state index contributed by atoms with van der Waals surface area (Å²) in [5.74, 6) is 1.86. The van der Waals surface area contributed by atoms with E-state index in [9.17, 15) is 4.79 Å². The molecule has 1 saturated carbocycles. The molecule has 0 amide bonds. The van der Waals surface area contributed by atoms with E-state index < -0.39 is 0 Å². The number of H-pyrrole nitrogens is 1. The number of hydrogen-bond acceptors (Lipinski definition) is 4. The highest BCUT2D eigenvalue weighted by Crippen LogP contribution is 2.50. The molecule has 2 aromatic rings. The molecule has 2 saturated heterocycles. The van der Waals surface area contributed by atoms with E-state index in [0.717, 1.165) is 31.7 Å². The predicted molar refractivity (Wildman–Crippen MR) is 94.9 cm³/mol. The topological polar surface area (TPSA) is 54.6 Å². The van der Waals surface area contributed by atoms with Gasteiger partial charge >= 0.3 is 5.97 Å². The fourth-order valence-corrected chi connectivity index (χ4v) is 5.62. The van der Waals surface area contributed by atoms with Crippen LogP contribution in [0.2, 0.25) is 0 Å². The molecular weight excluding hydrogens is 316 g/mol. The van der Waals surface area contributed by atoms with Gasteiger partial charge in [0.05, 0.1) is 20.1 Å². The highest BCUT2D eigenvalue weighted by molar-refractivity contribution is 5.86. The molecule has 5 nitrogen and oxygen atoms in total. The first kappa shape index (κ1) is 15.3. The van der Waals surface area contributed by atoms with E-state index in [0.29, 0.717) is 11.8 Å². The number of carbonyl (C=O) groups is 1. The number of rotatable bonds is 2. The quantitative estimate of drug-likeness (QED) is 0.854. The van der Waals surface area contributed by atoms with Crippen molar-refractivity contribution in [1.29, 1.82) is 0 Å². The summed E-state index contributed by atoms with van der Waals surface area (Å²) in [5, 5.41) is 1.27. The summed E-state index contributed by atoms with van der Waals surface area (Å²) < 4.78 is 10.6. The van der Waals surface area contributed by atoms with Crippen LogP contribution in [0.25, 0.3) is 10.9 Å². The summed E-state index contributed by atoms with van der Waals surface area (Å²) in [6.07, 6.45) is 3.18. The van der Waals surface area contributed by atoms with Crippen LogP contribution in [0, 0.1) is 11.8 Å². The lowest BCUT2D eigenvalue weighted by Crippen LogP contribution is -2.58. The maximum absolute atomic E-state index is 12.4. The molecule has 25 heavy (non-hydrogen) atoms. The maximum atomic E-state index is 12.4. The molecule has 0 radical (unpaired) electrons. The van der Waals surface area contributed by atoms with Crippen molar-refractivity contribution in [2.45, 2.75) is 31.2 Å². The van der Waals surface area contributed by atoms with Gasteiger partial charge in [0.1, 0.15) is 5.75 Å². The van der Waals surface area contributed by atoms with Crippen LogP contribution in [0.1, 0.15) is 30.0 Å². The van der Waals surface area contributed by atoms with E-state index >= 15 is 0 Å². The van der Waals surface area contributed by atoms with Crippen molar-refractivity contribution in [1.82, 2.24) is 9.88 Å². The van der Waals surface area contributed by atoms with Gasteiger partial charge in [0, 0.05) is 41.6 Å². The minimum absolute atomic E-state index is 0.00870. The number of hydrogen-bond donors (Lipinski definition) is 1. The van der Waals surface area contributed by atoms with Gasteiger partial charge in [-0.15, -0.1) is 0 Å². The van der Waals surface area contributed by atoms with E-state index in [4.69, 9.17) is 9.47 Å². The second kappa shape index (κ2) is 5.49. The minimum atomic E-state index is -0.0365. The number of ether oxygens (including phenoxy) is 2. The number of methoxy groups -OCH3 is 2. The molecule has 5 unspecified atom stereocenters. The lowest BCUT2D eigenvalue weighted by molar-refractivity contribution is -0.154. The van der Waals surface area contributed by atoms with Gasteiger partial charge < -0.3 is 14.5 Å². The average molecular weight is 340 g/mol. The van der Waals surface area contributed by atoms with Crippen LogP contribution in [0.4, 0.5) is 0 Å². The van der Waals surface area contributed by atoms with Crippen molar-refractivity contribution in [3.63, 3.8) is 0 Å². The molecule has 6 rings (SSSR count). The molecule has 4 bridgehead atoms. The Bertz CT molecular complexity index is 843. The molecule has 1 aromatic carbocycles. The van der Waals surface area contributed by atoms with Gasteiger partial charge in [0.2, 0.25) is 0 Å². The standard InChI is InChI=1S/C20H24N2O3/c1-24-12-3-4-17-14(9-12)13-5-6-22-10-11-7-15(18(13)21-17)19(22)16(8-11)20(23)25-2/h3-4,9,11,15-16,19,21H,5-8,10H2,1-2H3. The first-order valence-corrected chi connectivity index (χ1v) is 9.20. The van der Waals surface area contributed by atoms with E-state index in [2.05, 4.69) is 22.0 Å². The van der Waals surface area contributed by atoms with Crippen molar-refractivity contribution < 1.29 is 14.3 Å². The number of fused-ring (bicyclic) bond motifs is 4. The fourth-order valence-electron chi connectivity index (χ4n) is 5.62. The first-order valence-electron chi connectivity index (χ1n) is 9.20. The minimum Gasteiger partial charge on any atom is -0.497 e. The Morgan fingerprint density at radius 2 is 2.16 bits per heavy atom. The summed E-state index contributed by atoms with van der Waals surface area (Å²) in [4.78, 5) is 18.6. The lowest BCUT2D eigenvalue weighted by Gasteiger charge is -2.52. The summed E-state index contributed by atoms with van der Waals surface area (Å²) >= 11 is 0. The Balaban J connectivity index is 1.64. The summed E-state index contributed by atoms with van der Waals surface area (Å²) in [7, 11) is 3.23. The van der Waals surface area contributed by atoms with Crippen molar-refractivity contribution in [2.24, 2.45) is 11.8 Å². The van der Waals surface area contributed by atoms with Crippen LogP contribution < -0.4 is 4.74 Å². The third kappa shape index (κ3) is 2.15. The van der Waals surface area contributed by atoms with Crippen molar-refractivity contribution in [2.75, 3.05) is 27.3 Å². The molecule has 0 spiro atoms. The molecule has 3 fully saturated rings. The second-order valence-corrected chi connectivity index (χ2v) is 7.74. The van der Waals surface area contributed by atoms with E-state index in [1.165, 1.54) is 35.7 Å². The molecule has 4 aliphatic rings. The van der Waals surface area contributed by atoms with Crippen molar-refractivity contribution in [3.8, 4) is 5.75 Å². The average Bonchev–Trinajstić information content (AvgIpc) is 2.97. The van der Waals surface area contributed by atoms with E-state index in [1.54, 1.807) is 7.11 Å². The highest BCUT2D eigenvalue weighted by atomic mass is 16.5.